The van der Waals surface area contributed by atoms with E-state index in [0.717, 1.165) is 16.7 Å². The Balaban J connectivity index is 3.21. The third kappa shape index (κ3) is 6.56. The Kier molecular flexibility index (Phi) is 7.88. The average molecular weight is 379 g/mol. The van der Waals surface area contributed by atoms with Gasteiger partial charge in [-0.15, -0.1) is 0 Å². The Bertz CT molecular complexity index is 668. The quantitative estimate of drug-likeness (QED) is 0.473. The molecule has 152 valence electrons. The molecule has 0 N–H and O–H groups in total. The fourth-order valence-corrected chi connectivity index (χ4v) is 2.72. The Labute approximate surface area is 163 Å². The lowest BCUT2D eigenvalue weighted by Gasteiger charge is -2.25. The highest BCUT2D eigenvalue weighted by Gasteiger charge is 2.30. The third-order valence-corrected chi connectivity index (χ3v) is 4.51. The lowest BCUT2D eigenvalue weighted by molar-refractivity contribution is -0.153. The molecule has 0 heterocycles. The summed E-state index contributed by atoms with van der Waals surface area (Å²) in [6.45, 7) is 16.2. The second-order valence-electron chi connectivity index (χ2n) is 8.42. The second kappa shape index (κ2) is 9.25. The molecule has 5 heteroatoms. The molecule has 0 aliphatic heterocycles. The van der Waals surface area contributed by atoms with Gasteiger partial charge in [0, 0.05) is 0 Å². The highest BCUT2D eigenvalue weighted by molar-refractivity contribution is 5.76. The van der Waals surface area contributed by atoms with Crippen molar-refractivity contribution in [1.29, 1.82) is 0 Å². The first-order valence-corrected chi connectivity index (χ1v) is 9.58. The summed E-state index contributed by atoms with van der Waals surface area (Å²) in [7, 11) is 0. The molecule has 27 heavy (non-hydrogen) atoms. The van der Waals surface area contributed by atoms with Gasteiger partial charge in [0.05, 0.1) is 18.6 Å². The SMILES string of the molecule is CCOC(=O)Oc1c(C)cc(C(C)(C)C)cc1CCC(C)(C)C(=O)OCC. The number of rotatable bonds is 7. The molecule has 5 nitrogen and oxygen atoms in total. The summed E-state index contributed by atoms with van der Waals surface area (Å²) in [6.07, 6.45) is 0.457. The van der Waals surface area contributed by atoms with Crippen LogP contribution in [0.2, 0.25) is 0 Å². The van der Waals surface area contributed by atoms with Gasteiger partial charge in [-0.2, -0.15) is 0 Å². The smallest absolute Gasteiger partial charge is 0.466 e. The minimum atomic E-state index is -0.713. The van der Waals surface area contributed by atoms with Gasteiger partial charge in [-0.3, -0.25) is 4.79 Å². The van der Waals surface area contributed by atoms with Crippen LogP contribution in [0.25, 0.3) is 0 Å². The fraction of sp³-hybridized carbons (Fsp3) is 0.636. The van der Waals surface area contributed by atoms with E-state index < -0.39 is 11.6 Å². The molecule has 0 fully saturated rings. The van der Waals surface area contributed by atoms with E-state index in [-0.39, 0.29) is 18.0 Å². The van der Waals surface area contributed by atoms with E-state index in [1.54, 1.807) is 13.8 Å². The van der Waals surface area contributed by atoms with Crippen molar-refractivity contribution < 1.29 is 23.8 Å². The zero-order chi connectivity index (χ0) is 20.8. The van der Waals surface area contributed by atoms with Crippen molar-refractivity contribution in [2.75, 3.05) is 13.2 Å². The van der Waals surface area contributed by atoms with Gasteiger partial charge in [-0.25, -0.2) is 4.79 Å². The van der Waals surface area contributed by atoms with Crippen molar-refractivity contribution >= 4 is 12.1 Å². The van der Waals surface area contributed by atoms with Crippen molar-refractivity contribution in [3.8, 4) is 5.75 Å². The lowest BCUT2D eigenvalue weighted by atomic mass is 9.82. The number of carbonyl (C=O) groups excluding carboxylic acids is 2. The minimum Gasteiger partial charge on any atom is -0.466 e. The lowest BCUT2D eigenvalue weighted by Crippen LogP contribution is -2.27. The average Bonchev–Trinajstić information content (AvgIpc) is 2.54. The zero-order valence-electron chi connectivity index (χ0n) is 18.0. The maximum absolute atomic E-state index is 12.2. The maximum Gasteiger partial charge on any atom is 0.513 e. The number of benzene rings is 1. The Morgan fingerprint density at radius 2 is 1.56 bits per heavy atom. The van der Waals surface area contributed by atoms with Gasteiger partial charge in [0.25, 0.3) is 0 Å². The highest BCUT2D eigenvalue weighted by atomic mass is 16.7. The van der Waals surface area contributed by atoms with Crippen LogP contribution in [0, 0.1) is 12.3 Å². The molecule has 1 aromatic rings. The fourth-order valence-electron chi connectivity index (χ4n) is 2.72. The largest absolute Gasteiger partial charge is 0.513 e. The summed E-state index contributed by atoms with van der Waals surface area (Å²) in [5.41, 5.74) is 2.26. The molecule has 0 amide bonds. The second-order valence-corrected chi connectivity index (χ2v) is 8.42. The van der Waals surface area contributed by atoms with Crippen LogP contribution in [0.1, 0.15) is 71.6 Å². The number of hydrogen-bond acceptors (Lipinski definition) is 5. The predicted octanol–water partition coefficient (Wildman–Crippen LogP) is 5.35. The maximum atomic E-state index is 12.2. The van der Waals surface area contributed by atoms with Crippen molar-refractivity contribution in [3.05, 3.63) is 28.8 Å². The van der Waals surface area contributed by atoms with Gasteiger partial charge in [0.2, 0.25) is 0 Å². The number of hydrogen-bond donors (Lipinski definition) is 0. The first-order valence-electron chi connectivity index (χ1n) is 9.58. The van der Waals surface area contributed by atoms with E-state index in [1.807, 2.05) is 26.8 Å². The van der Waals surface area contributed by atoms with Crippen molar-refractivity contribution in [1.82, 2.24) is 0 Å². The molecular weight excluding hydrogens is 344 g/mol. The first-order chi connectivity index (χ1) is 12.4. The first kappa shape index (κ1) is 23.0. The molecule has 0 saturated heterocycles. The molecule has 0 radical (unpaired) electrons. The summed E-state index contributed by atoms with van der Waals surface area (Å²) < 4.78 is 15.6. The van der Waals surface area contributed by atoms with Gasteiger partial charge < -0.3 is 14.2 Å². The van der Waals surface area contributed by atoms with Crippen molar-refractivity contribution in [3.63, 3.8) is 0 Å². The van der Waals surface area contributed by atoms with E-state index in [1.165, 1.54) is 0 Å². The van der Waals surface area contributed by atoms with E-state index in [9.17, 15) is 9.59 Å². The van der Waals surface area contributed by atoms with Gasteiger partial charge in [-0.05, 0) is 69.6 Å². The predicted molar refractivity (Wildman–Crippen MR) is 106 cm³/mol. The summed E-state index contributed by atoms with van der Waals surface area (Å²) in [5.74, 6) is 0.294. The van der Waals surface area contributed by atoms with Gasteiger partial charge in [0.1, 0.15) is 5.75 Å². The monoisotopic (exact) mass is 378 g/mol. The molecule has 0 atom stereocenters. The summed E-state index contributed by atoms with van der Waals surface area (Å²) in [6, 6.07) is 4.09. The zero-order valence-corrected chi connectivity index (χ0v) is 18.0. The number of esters is 1. The van der Waals surface area contributed by atoms with E-state index in [0.29, 0.717) is 25.2 Å². The molecule has 0 unspecified atom stereocenters. The van der Waals surface area contributed by atoms with E-state index >= 15 is 0 Å². The molecule has 0 saturated carbocycles. The van der Waals surface area contributed by atoms with Crippen molar-refractivity contribution in [2.45, 2.75) is 73.6 Å². The molecule has 1 aromatic carbocycles. The van der Waals surface area contributed by atoms with Crippen LogP contribution in [0.15, 0.2) is 12.1 Å². The third-order valence-electron chi connectivity index (χ3n) is 4.51. The van der Waals surface area contributed by atoms with Gasteiger partial charge >= 0.3 is 12.1 Å². The van der Waals surface area contributed by atoms with Gasteiger partial charge in [-0.1, -0.05) is 32.9 Å². The summed E-state index contributed by atoms with van der Waals surface area (Å²) in [4.78, 5) is 24.1. The Morgan fingerprint density at radius 3 is 2.07 bits per heavy atom. The molecule has 0 spiro atoms. The Morgan fingerprint density at radius 1 is 0.963 bits per heavy atom. The Hall–Kier alpha value is -2.04. The normalized spacial score (nSPS) is 11.9. The summed E-state index contributed by atoms with van der Waals surface area (Å²) >= 11 is 0. The molecular formula is C22H34O5. The molecule has 0 aliphatic rings. The molecule has 0 aliphatic carbocycles. The van der Waals surface area contributed by atoms with Crippen LogP contribution >= 0.6 is 0 Å². The topological polar surface area (TPSA) is 61.8 Å². The van der Waals surface area contributed by atoms with E-state index in [2.05, 4.69) is 26.8 Å². The molecule has 0 aromatic heterocycles. The molecule has 1 rings (SSSR count). The van der Waals surface area contributed by atoms with E-state index in [4.69, 9.17) is 14.2 Å². The van der Waals surface area contributed by atoms with Crippen molar-refractivity contribution in [2.24, 2.45) is 5.41 Å². The highest BCUT2D eigenvalue weighted by Crippen LogP contribution is 2.34. The van der Waals surface area contributed by atoms with Crippen LogP contribution in [-0.2, 0) is 26.1 Å². The van der Waals surface area contributed by atoms with Crippen LogP contribution in [-0.4, -0.2) is 25.3 Å². The standard InChI is InChI=1S/C22H34O5/c1-9-25-19(23)22(7,8)12-11-16-14-17(21(4,5)6)13-15(3)18(16)27-20(24)26-10-2/h13-14H,9-12H2,1-8H3. The van der Waals surface area contributed by atoms with Gasteiger partial charge in [0.15, 0.2) is 0 Å². The summed E-state index contributed by atoms with van der Waals surface area (Å²) in [5, 5.41) is 0. The minimum absolute atomic E-state index is 0.0430. The number of carbonyl (C=O) groups is 2. The number of aryl methyl sites for hydroxylation is 2. The number of ether oxygens (including phenoxy) is 3. The molecule has 0 bridgehead atoms. The van der Waals surface area contributed by atoms with Crippen LogP contribution in [0.3, 0.4) is 0 Å². The van der Waals surface area contributed by atoms with Crippen LogP contribution in [0.4, 0.5) is 4.79 Å². The van der Waals surface area contributed by atoms with Crippen LogP contribution < -0.4 is 4.74 Å². The van der Waals surface area contributed by atoms with Crippen LogP contribution in [0.5, 0.6) is 5.75 Å².